The van der Waals surface area contributed by atoms with Gasteiger partial charge in [-0.1, -0.05) is 13.8 Å². The topological polar surface area (TPSA) is 92.4 Å². The van der Waals surface area contributed by atoms with Crippen molar-refractivity contribution in [2.24, 2.45) is 17.6 Å². The third-order valence-electron chi connectivity index (χ3n) is 3.08. The molecular formula is C13H26N2O3. The van der Waals surface area contributed by atoms with Gasteiger partial charge < -0.3 is 16.2 Å². The van der Waals surface area contributed by atoms with Crippen LogP contribution in [0, 0.1) is 11.8 Å². The molecule has 2 unspecified atom stereocenters. The summed E-state index contributed by atoms with van der Waals surface area (Å²) in [4.78, 5) is 22.0. The van der Waals surface area contributed by atoms with Crippen molar-refractivity contribution >= 4 is 11.9 Å². The fraction of sp³-hybridized carbons (Fsp3) is 0.846. The van der Waals surface area contributed by atoms with E-state index in [-0.39, 0.29) is 11.8 Å². The first kappa shape index (κ1) is 16.9. The molecule has 0 fully saturated rings. The third-order valence-corrected chi connectivity index (χ3v) is 3.08. The van der Waals surface area contributed by atoms with E-state index < -0.39 is 5.97 Å². The maximum absolute atomic E-state index is 11.5. The number of rotatable bonds is 10. The Morgan fingerprint density at radius 2 is 1.89 bits per heavy atom. The monoisotopic (exact) mass is 258 g/mol. The highest BCUT2D eigenvalue weighted by Crippen LogP contribution is 2.09. The number of carbonyl (C=O) groups excluding carboxylic acids is 1. The maximum Gasteiger partial charge on any atom is 0.306 e. The molecule has 0 rings (SSSR count). The van der Waals surface area contributed by atoms with Crippen LogP contribution in [0.2, 0.25) is 0 Å². The van der Waals surface area contributed by atoms with Gasteiger partial charge in [0.05, 0.1) is 5.92 Å². The van der Waals surface area contributed by atoms with Crippen molar-refractivity contribution in [1.82, 2.24) is 5.32 Å². The molecule has 0 saturated heterocycles. The SMILES string of the molecule is CC(CCN)CCC(=O)NCCCC(C)C(=O)O. The minimum Gasteiger partial charge on any atom is -0.481 e. The van der Waals surface area contributed by atoms with Crippen LogP contribution < -0.4 is 11.1 Å². The van der Waals surface area contributed by atoms with Gasteiger partial charge in [-0.3, -0.25) is 9.59 Å². The lowest BCUT2D eigenvalue weighted by Crippen LogP contribution is -2.25. The van der Waals surface area contributed by atoms with E-state index >= 15 is 0 Å². The number of nitrogens with two attached hydrogens (primary N) is 1. The van der Waals surface area contributed by atoms with Gasteiger partial charge in [-0.2, -0.15) is 0 Å². The average Bonchev–Trinajstić information content (AvgIpc) is 2.32. The Morgan fingerprint density at radius 3 is 2.44 bits per heavy atom. The van der Waals surface area contributed by atoms with Crippen LogP contribution in [0.3, 0.4) is 0 Å². The van der Waals surface area contributed by atoms with Crippen molar-refractivity contribution in [3.63, 3.8) is 0 Å². The Balaban J connectivity index is 3.51. The van der Waals surface area contributed by atoms with Gasteiger partial charge in [0.1, 0.15) is 0 Å². The van der Waals surface area contributed by atoms with Crippen molar-refractivity contribution < 1.29 is 14.7 Å². The Hall–Kier alpha value is -1.10. The lowest BCUT2D eigenvalue weighted by atomic mass is 10.0. The molecule has 0 aromatic rings. The summed E-state index contributed by atoms with van der Waals surface area (Å²) in [6, 6.07) is 0. The standard InChI is InChI=1S/C13H26N2O3/c1-10(7-8-14)5-6-12(16)15-9-3-4-11(2)13(17)18/h10-11H,3-9,14H2,1-2H3,(H,15,16)(H,17,18). The molecule has 0 aliphatic carbocycles. The van der Waals surface area contributed by atoms with Gasteiger partial charge in [-0.15, -0.1) is 0 Å². The summed E-state index contributed by atoms with van der Waals surface area (Å²) in [6.07, 6.45) is 3.63. The Labute approximate surface area is 109 Å². The highest BCUT2D eigenvalue weighted by atomic mass is 16.4. The predicted octanol–water partition coefficient (Wildman–Crippen LogP) is 1.37. The fourth-order valence-electron chi connectivity index (χ4n) is 1.65. The molecule has 106 valence electrons. The number of nitrogens with one attached hydrogen (secondary N) is 1. The molecule has 0 aliphatic rings. The van der Waals surface area contributed by atoms with E-state index in [9.17, 15) is 9.59 Å². The van der Waals surface area contributed by atoms with Crippen molar-refractivity contribution in [3.8, 4) is 0 Å². The first-order valence-corrected chi connectivity index (χ1v) is 6.67. The van der Waals surface area contributed by atoms with Crippen molar-refractivity contribution in [2.75, 3.05) is 13.1 Å². The van der Waals surface area contributed by atoms with Crippen LogP contribution in [0.15, 0.2) is 0 Å². The van der Waals surface area contributed by atoms with Gasteiger partial charge in [0.25, 0.3) is 0 Å². The van der Waals surface area contributed by atoms with E-state index in [2.05, 4.69) is 12.2 Å². The first-order chi connectivity index (χ1) is 8.47. The second-order valence-corrected chi connectivity index (χ2v) is 4.95. The summed E-state index contributed by atoms with van der Waals surface area (Å²) >= 11 is 0. The number of carbonyl (C=O) groups is 2. The molecule has 0 aromatic heterocycles. The Morgan fingerprint density at radius 1 is 1.22 bits per heavy atom. The molecule has 0 saturated carbocycles. The van der Waals surface area contributed by atoms with Gasteiger partial charge in [0.15, 0.2) is 0 Å². The molecule has 5 nitrogen and oxygen atoms in total. The zero-order chi connectivity index (χ0) is 14.0. The minimum atomic E-state index is -0.781. The van der Waals surface area contributed by atoms with Gasteiger partial charge in [0, 0.05) is 13.0 Å². The van der Waals surface area contributed by atoms with Crippen LogP contribution in [0.4, 0.5) is 0 Å². The second-order valence-electron chi connectivity index (χ2n) is 4.95. The number of amides is 1. The van der Waals surface area contributed by atoms with Gasteiger partial charge >= 0.3 is 5.97 Å². The van der Waals surface area contributed by atoms with Crippen molar-refractivity contribution in [3.05, 3.63) is 0 Å². The summed E-state index contributed by atoms with van der Waals surface area (Å²) in [7, 11) is 0. The van der Waals surface area contributed by atoms with Crippen LogP contribution in [-0.4, -0.2) is 30.1 Å². The van der Waals surface area contributed by atoms with Gasteiger partial charge in [-0.05, 0) is 38.1 Å². The molecule has 0 radical (unpaired) electrons. The van der Waals surface area contributed by atoms with Crippen LogP contribution in [0.25, 0.3) is 0 Å². The molecule has 2 atom stereocenters. The molecular weight excluding hydrogens is 232 g/mol. The lowest BCUT2D eigenvalue weighted by molar-refractivity contribution is -0.141. The highest BCUT2D eigenvalue weighted by Gasteiger charge is 2.10. The Kier molecular flexibility index (Phi) is 9.28. The predicted molar refractivity (Wildman–Crippen MR) is 71.1 cm³/mol. The number of carboxylic acid groups (broad SMARTS) is 1. The van der Waals surface area contributed by atoms with Crippen molar-refractivity contribution in [1.29, 1.82) is 0 Å². The number of hydrogen-bond acceptors (Lipinski definition) is 3. The molecule has 0 aliphatic heterocycles. The molecule has 4 N–H and O–H groups in total. The summed E-state index contributed by atoms with van der Waals surface area (Å²) in [5.74, 6) is -0.599. The smallest absolute Gasteiger partial charge is 0.306 e. The van der Waals surface area contributed by atoms with E-state index in [1.165, 1.54) is 0 Å². The van der Waals surface area contributed by atoms with Crippen LogP contribution in [0.1, 0.15) is 46.0 Å². The zero-order valence-electron chi connectivity index (χ0n) is 11.4. The molecule has 1 amide bonds. The maximum atomic E-state index is 11.5. The molecule has 0 aromatic carbocycles. The number of carboxylic acids is 1. The highest BCUT2D eigenvalue weighted by molar-refractivity contribution is 5.75. The summed E-state index contributed by atoms with van der Waals surface area (Å²) in [5, 5.41) is 11.5. The quantitative estimate of drug-likeness (QED) is 0.516. The van der Waals surface area contributed by atoms with Crippen LogP contribution >= 0.6 is 0 Å². The molecule has 18 heavy (non-hydrogen) atoms. The third kappa shape index (κ3) is 8.98. The molecule has 0 heterocycles. The lowest BCUT2D eigenvalue weighted by Gasteiger charge is -2.10. The van der Waals surface area contributed by atoms with Gasteiger partial charge in [0.2, 0.25) is 5.91 Å². The summed E-state index contributed by atoms with van der Waals surface area (Å²) < 4.78 is 0. The molecule has 0 spiro atoms. The van der Waals surface area contributed by atoms with E-state index in [1.807, 2.05) is 0 Å². The summed E-state index contributed by atoms with van der Waals surface area (Å²) in [5.41, 5.74) is 5.44. The normalized spacial score (nSPS) is 13.9. The minimum absolute atomic E-state index is 0.0434. The van der Waals surface area contributed by atoms with Crippen molar-refractivity contribution in [2.45, 2.75) is 46.0 Å². The summed E-state index contributed by atoms with van der Waals surface area (Å²) in [6.45, 7) is 4.99. The Bertz CT molecular complexity index is 257. The first-order valence-electron chi connectivity index (χ1n) is 6.67. The largest absolute Gasteiger partial charge is 0.481 e. The number of hydrogen-bond donors (Lipinski definition) is 3. The van der Waals surface area contributed by atoms with Gasteiger partial charge in [-0.25, -0.2) is 0 Å². The van der Waals surface area contributed by atoms with E-state index in [1.54, 1.807) is 6.92 Å². The van der Waals surface area contributed by atoms with E-state index in [4.69, 9.17) is 10.8 Å². The van der Waals surface area contributed by atoms with Crippen LogP contribution in [-0.2, 0) is 9.59 Å². The fourth-order valence-corrected chi connectivity index (χ4v) is 1.65. The van der Waals surface area contributed by atoms with E-state index in [0.29, 0.717) is 38.3 Å². The molecule has 0 bridgehead atoms. The average molecular weight is 258 g/mol. The van der Waals surface area contributed by atoms with Crippen LogP contribution in [0.5, 0.6) is 0 Å². The second kappa shape index (κ2) is 9.88. The molecule has 5 heteroatoms. The zero-order valence-corrected chi connectivity index (χ0v) is 11.4. The number of aliphatic carboxylic acids is 1. The van der Waals surface area contributed by atoms with E-state index in [0.717, 1.165) is 12.8 Å².